The maximum atomic E-state index is 12.0. The predicted octanol–water partition coefficient (Wildman–Crippen LogP) is 1.57. The van der Waals surface area contributed by atoms with Crippen LogP contribution in [-0.4, -0.2) is 55.7 Å². The third kappa shape index (κ3) is 6.02. The molecule has 1 fully saturated rings. The minimum Gasteiger partial charge on any atom is -0.394 e. The molecule has 1 saturated carbocycles. The number of nitrogens with zero attached hydrogens (tertiary/aromatic N) is 1. The Morgan fingerprint density at radius 1 is 1.42 bits per heavy atom. The second kappa shape index (κ2) is 8.67. The van der Waals surface area contributed by atoms with E-state index < -0.39 is 0 Å². The first-order valence-electron chi connectivity index (χ1n) is 7.44. The molecule has 0 heterocycles. The van der Waals surface area contributed by atoms with E-state index in [2.05, 4.69) is 18.7 Å². The summed E-state index contributed by atoms with van der Waals surface area (Å²) in [5, 5.41) is 8.63. The highest BCUT2D eigenvalue weighted by Gasteiger charge is 2.30. The minimum absolute atomic E-state index is 0.0703. The van der Waals surface area contributed by atoms with E-state index in [0.29, 0.717) is 30.8 Å². The van der Waals surface area contributed by atoms with Gasteiger partial charge in [0.2, 0.25) is 0 Å². The Kier molecular flexibility index (Phi) is 7.57. The predicted molar refractivity (Wildman–Crippen MR) is 76.1 cm³/mol. The van der Waals surface area contributed by atoms with Crippen molar-refractivity contribution < 1.29 is 14.6 Å². The van der Waals surface area contributed by atoms with Gasteiger partial charge in [-0.1, -0.05) is 13.8 Å². The van der Waals surface area contributed by atoms with Crippen LogP contribution in [0.15, 0.2) is 0 Å². The summed E-state index contributed by atoms with van der Waals surface area (Å²) >= 11 is 0. The van der Waals surface area contributed by atoms with Crippen LogP contribution in [0, 0.1) is 17.8 Å². The van der Waals surface area contributed by atoms with Gasteiger partial charge < -0.3 is 14.7 Å². The number of hydrogen-bond acceptors (Lipinski definition) is 4. The number of ether oxygens (including phenoxy) is 1. The number of ketones is 1. The lowest BCUT2D eigenvalue weighted by atomic mass is 9.75. The molecule has 0 amide bonds. The second-order valence-electron chi connectivity index (χ2n) is 6.04. The third-order valence-corrected chi connectivity index (χ3v) is 4.13. The Morgan fingerprint density at radius 3 is 2.79 bits per heavy atom. The molecule has 0 radical (unpaired) electrons. The quantitative estimate of drug-likeness (QED) is 0.681. The van der Waals surface area contributed by atoms with Gasteiger partial charge in [-0.15, -0.1) is 0 Å². The summed E-state index contributed by atoms with van der Waals surface area (Å²) in [4.78, 5) is 14.2. The molecule has 1 rings (SSSR count). The van der Waals surface area contributed by atoms with Crippen LogP contribution in [-0.2, 0) is 9.53 Å². The lowest BCUT2D eigenvalue weighted by Crippen LogP contribution is -2.37. The molecule has 1 N–H and O–H groups in total. The van der Waals surface area contributed by atoms with Crippen molar-refractivity contribution in [3.05, 3.63) is 0 Å². The maximum Gasteiger partial charge on any atom is 0.137 e. The molecule has 1 aliphatic rings. The molecular formula is C15H29NO3. The van der Waals surface area contributed by atoms with Crippen LogP contribution in [0.25, 0.3) is 0 Å². The van der Waals surface area contributed by atoms with Crippen molar-refractivity contribution in [2.75, 3.05) is 40.0 Å². The molecule has 2 atom stereocenters. The van der Waals surface area contributed by atoms with E-state index in [-0.39, 0.29) is 12.5 Å². The van der Waals surface area contributed by atoms with Crippen LogP contribution in [0.3, 0.4) is 0 Å². The van der Waals surface area contributed by atoms with Crippen molar-refractivity contribution in [1.82, 2.24) is 4.90 Å². The average molecular weight is 271 g/mol. The number of rotatable bonds is 8. The van der Waals surface area contributed by atoms with Crippen LogP contribution in [0.1, 0.15) is 33.1 Å². The average Bonchev–Trinajstić information content (AvgIpc) is 2.37. The minimum atomic E-state index is 0.0703. The van der Waals surface area contributed by atoms with Crippen LogP contribution in [0.4, 0.5) is 0 Å². The molecule has 19 heavy (non-hydrogen) atoms. The zero-order chi connectivity index (χ0) is 14.3. The van der Waals surface area contributed by atoms with Crippen molar-refractivity contribution in [2.24, 2.45) is 17.8 Å². The van der Waals surface area contributed by atoms with E-state index in [4.69, 9.17) is 9.84 Å². The zero-order valence-electron chi connectivity index (χ0n) is 12.6. The third-order valence-electron chi connectivity index (χ3n) is 4.13. The highest BCUT2D eigenvalue weighted by atomic mass is 16.5. The van der Waals surface area contributed by atoms with Crippen LogP contribution in [0.5, 0.6) is 0 Å². The molecule has 112 valence electrons. The molecule has 0 aromatic heterocycles. The number of carbonyl (C=O) groups is 1. The highest BCUT2D eigenvalue weighted by molar-refractivity contribution is 5.81. The Labute approximate surface area is 117 Å². The van der Waals surface area contributed by atoms with Gasteiger partial charge in [-0.3, -0.25) is 4.79 Å². The zero-order valence-corrected chi connectivity index (χ0v) is 12.6. The first-order chi connectivity index (χ1) is 9.04. The Hall–Kier alpha value is -0.450. The molecular weight excluding hydrogens is 242 g/mol. The Bertz CT molecular complexity index is 268. The van der Waals surface area contributed by atoms with Gasteiger partial charge in [0.1, 0.15) is 5.78 Å². The molecule has 1 aliphatic carbocycles. The van der Waals surface area contributed by atoms with Gasteiger partial charge >= 0.3 is 0 Å². The second-order valence-corrected chi connectivity index (χ2v) is 6.04. The Morgan fingerprint density at radius 2 is 2.16 bits per heavy atom. The smallest absolute Gasteiger partial charge is 0.137 e. The summed E-state index contributed by atoms with van der Waals surface area (Å²) in [7, 11) is 2.04. The molecule has 4 heteroatoms. The first kappa shape index (κ1) is 16.6. The molecule has 0 saturated heterocycles. The molecule has 0 aromatic rings. The largest absolute Gasteiger partial charge is 0.394 e. The van der Waals surface area contributed by atoms with E-state index in [1.807, 2.05) is 7.05 Å². The van der Waals surface area contributed by atoms with Crippen LogP contribution >= 0.6 is 0 Å². The van der Waals surface area contributed by atoms with Crippen LogP contribution in [0.2, 0.25) is 0 Å². The Balaban J connectivity index is 2.30. The van der Waals surface area contributed by atoms with Gasteiger partial charge in [0.15, 0.2) is 0 Å². The van der Waals surface area contributed by atoms with Gasteiger partial charge in [-0.2, -0.15) is 0 Å². The van der Waals surface area contributed by atoms with Gasteiger partial charge in [0, 0.05) is 25.4 Å². The summed E-state index contributed by atoms with van der Waals surface area (Å²) in [5.41, 5.74) is 0. The molecule has 0 aromatic carbocycles. The first-order valence-corrected chi connectivity index (χ1v) is 7.44. The molecule has 0 aliphatic heterocycles. The monoisotopic (exact) mass is 271 g/mol. The highest BCUT2D eigenvalue weighted by Crippen LogP contribution is 2.31. The standard InChI is InChI=1S/C15H29NO3/c1-12(2)13-4-5-15(18)14(10-13)11-16(3)6-8-19-9-7-17/h12-14,17H,4-11H2,1-3H3. The van der Waals surface area contributed by atoms with Crippen molar-refractivity contribution >= 4 is 5.78 Å². The fourth-order valence-corrected chi connectivity index (χ4v) is 2.78. The maximum absolute atomic E-state index is 12.0. The van der Waals surface area contributed by atoms with Crippen molar-refractivity contribution in [3.63, 3.8) is 0 Å². The van der Waals surface area contributed by atoms with E-state index in [1.165, 1.54) is 0 Å². The van der Waals surface area contributed by atoms with Gasteiger partial charge in [0.25, 0.3) is 0 Å². The number of aliphatic hydroxyl groups is 1. The fraction of sp³-hybridized carbons (Fsp3) is 0.933. The lowest BCUT2D eigenvalue weighted by molar-refractivity contribution is -0.126. The SMILES string of the molecule is CC(C)C1CCC(=O)C(CN(C)CCOCCO)C1. The van der Waals surface area contributed by atoms with Crippen molar-refractivity contribution in [1.29, 1.82) is 0 Å². The van der Waals surface area contributed by atoms with Gasteiger partial charge in [-0.05, 0) is 31.7 Å². The van der Waals surface area contributed by atoms with E-state index in [1.54, 1.807) is 0 Å². The van der Waals surface area contributed by atoms with Crippen molar-refractivity contribution in [2.45, 2.75) is 33.1 Å². The lowest BCUT2D eigenvalue weighted by Gasteiger charge is -2.32. The number of Topliss-reactive ketones (excluding diaryl/α,β-unsaturated/α-hetero) is 1. The van der Waals surface area contributed by atoms with Crippen molar-refractivity contribution in [3.8, 4) is 0 Å². The van der Waals surface area contributed by atoms with Gasteiger partial charge in [-0.25, -0.2) is 0 Å². The number of likely N-dealkylation sites (N-methyl/N-ethyl adjacent to an activating group) is 1. The number of aliphatic hydroxyl groups excluding tert-OH is 1. The van der Waals surface area contributed by atoms with E-state index >= 15 is 0 Å². The summed E-state index contributed by atoms with van der Waals surface area (Å²) in [6.45, 7) is 7.24. The fourth-order valence-electron chi connectivity index (χ4n) is 2.78. The summed E-state index contributed by atoms with van der Waals surface area (Å²) in [6, 6.07) is 0. The van der Waals surface area contributed by atoms with Gasteiger partial charge in [0.05, 0.1) is 19.8 Å². The summed E-state index contributed by atoms with van der Waals surface area (Å²) in [5.74, 6) is 2.00. The molecule has 4 nitrogen and oxygen atoms in total. The molecule has 0 spiro atoms. The normalized spacial score (nSPS) is 24.4. The summed E-state index contributed by atoms with van der Waals surface area (Å²) in [6.07, 6.45) is 2.86. The number of hydrogen-bond donors (Lipinski definition) is 1. The molecule has 0 bridgehead atoms. The molecule has 2 unspecified atom stereocenters. The van der Waals surface area contributed by atoms with E-state index in [9.17, 15) is 4.79 Å². The van der Waals surface area contributed by atoms with Crippen LogP contribution < -0.4 is 0 Å². The topological polar surface area (TPSA) is 49.8 Å². The van der Waals surface area contributed by atoms with E-state index in [0.717, 1.165) is 32.4 Å². The summed E-state index contributed by atoms with van der Waals surface area (Å²) < 4.78 is 5.25. The number of carbonyl (C=O) groups excluding carboxylic acids is 1.